The SMILES string of the molecule is CCN(CC)C(=O)CN(C)C(=O)N1CCOCC1. The van der Waals surface area contributed by atoms with E-state index < -0.39 is 0 Å². The van der Waals surface area contributed by atoms with E-state index in [9.17, 15) is 9.59 Å². The number of rotatable bonds is 4. The van der Waals surface area contributed by atoms with Gasteiger partial charge in [0.05, 0.1) is 13.2 Å². The van der Waals surface area contributed by atoms with Gasteiger partial charge < -0.3 is 19.4 Å². The number of amides is 3. The predicted octanol–water partition coefficient (Wildman–Crippen LogP) is 0.239. The summed E-state index contributed by atoms with van der Waals surface area (Å²) in [6, 6.07) is -0.0983. The number of urea groups is 1. The fraction of sp³-hybridized carbons (Fsp3) is 0.833. The first-order chi connectivity index (χ1) is 8.60. The smallest absolute Gasteiger partial charge is 0.320 e. The maximum absolute atomic E-state index is 12.1. The normalized spacial score (nSPS) is 15.4. The Morgan fingerprint density at radius 3 is 2.22 bits per heavy atom. The van der Waals surface area contributed by atoms with Crippen LogP contribution in [-0.4, -0.2) is 79.6 Å². The van der Waals surface area contributed by atoms with Gasteiger partial charge in [0.25, 0.3) is 0 Å². The van der Waals surface area contributed by atoms with Gasteiger partial charge in [0, 0.05) is 33.2 Å². The van der Waals surface area contributed by atoms with Crippen LogP contribution in [0.25, 0.3) is 0 Å². The van der Waals surface area contributed by atoms with Crippen LogP contribution in [0.2, 0.25) is 0 Å². The molecule has 1 aliphatic heterocycles. The maximum atomic E-state index is 12.1. The van der Waals surface area contributed by atoms with Crippen molar-refractivity contribution in [2.45, 2.75) is 13.8 Å². The van der Waals surface area contributed by atoms with Gasteiger partial charge in [-0.05, 0) is 13.8 Å². The third-order valence-corrected chi connectivity index (χ3v) is 3.10. The Balaban J connectivity index is 2.45. The first-order valence-corrected chi connectivity index (χ1v) is 6.45. The van der Waals surface area contributed by atoms with Gasteiger partial charge in [-0.1, -0.05) is 0 Å². The van der Waals surface area contributed by atoms with E-state index in [4.69, 9.17) is 4.74 Å². The van der Waals surface area contributed by atoms with Crippen molar-refractivity contribution in [3.05, 3.63) is 0 Å². The van der Waals surface area contributed by atoms with Gasteiger partial charge in [-0.2, -0.15) is 0 Å². The maximum Gasteiger partial charge on any atom is 0.320 e. The molecular weight excluding hydrogens is 234 g/mol. The summed E-state index contributed by atoms with van der Waals surface area (Å²) in [6.07, 6.45) is 0. The molecule has 0 aromatic rings. The second kappa shape index (κ2) is 7.20. The molecule has 0 aliphatic carbocycles. The van der Waals surface area contributed by atoms with Crippen molar-refractivity contribution in [1.82, 2.24) is 14.7 Å². The zero-order valence-corrected chi connectivity index (χ0v) is 11.5. The monoisotopic (exact) mass is 257 g/mol. The van der Waals surface area contributed by atoms with Gasteiger partial charge in [0.15, 0.2) is 0 Å². The van der Waals surface area contributed by atoms with Crippen LogP contribution in [0.1, 0.15) is 13.8 Å². The summed E-state index contributed by atoms with van der Waals surface area (Å²) < 4.78 is 5.20. The molecule has 0 unspecified atom stereocenters. The lowest BCUT2D eigenvalue weighted by Crippen LogP contribution is -2.49. The minimum Gasteiger partial charge on any atom is -0.378 e. The summed E-state index contributed by atoms with van der Waals surface area (Å²) >= 11 is 0. The zero-order valence-electron chi connectivity index (χ0n) is 11.5. The fourth-order valence-corrected chi connectivity index (χ4v) is 1.94. The van der Waals surface area contributed by atoms with Gasteiger partial charge >= 0.3 is 6.03 Å². The number of likely N-dealkylation sites (N-methyl/N-ethyl adjacent to an activating group) is 2. The summed E-state index contributed by atoms with van der Waals surface area (Å²) in [5, 5.41) is 0. The van der Waals surface area contributed by atoms with E-state index in [1.54, 1.807) is 16.8 Å². The molecule has 18 heavy (non-hydrogen) atoms. The van der Waals surface area contributed by atoms with Crippen LogP contribution in [0.5, 0.6) is 0 Å². The Bertz CT molecular complexity index is 286. The number of carbonyl (C=O) groups excluding carboxylic acids is 2. The van der Waals surface area contributed by atoms with Gasteiger partial charge in [0.1, 0.15) is 6.54 Å². The largest absolute Gasteiger partial charge is 0.378 e. The lowest BCUT2D eigenvalue weighted by atomic mass is 10.4. The molecule has 0 atom stereocenters. The number of hydrogen-bond acceptors (Lipinski definition) is 3. The van der Waals surface area contributed by atoms with E-state index in [2.05, 4.69) is 0 Å². The summed E-state index contributed by atoms with van der Waals surface area (Å²) in [7, 11) is 1.67. The van der Waals surface area contributed by atoms with E-state index in [1.807, 2.05) is 13.8 Å². The van der Waals surface area contributed by atoms with E-state index in [-0.39, 0.29) is 18.5 Å². The van der Waals surface area contributed by atoms with Crippen LogP contribution in [0, 0.1) is 0 Å². The van der Waals surface area contributed by atoms with E-state index in [0.29, 0.717) is 39.4 Å². The molecule has 1 saturated heterocycles. The van der Waals surface area contributed by atoms with Crippen LogP contribution in [0.4, 0.5) is 4.79 Å². The van der Waals surface area contributed by atoms with Gasteiger partial charge in [0.2, 0.25) is 5.91 Å². The third kappa shape index (κ3) is 3.87. The summed E-state index contributed by atoms with van der Waals surface area (Å²) in [4.78, 5) is 28.9. The number of carbonyl (C=O) groups is 2. The second-order valence-electron chi connectivity index (χ2n) is 4.30. The van der Waals surface area contributed by atoms with Gasteiger partial charge in [-0.25, -0.2) is 4.79 Å². The van der Waals surface area contributed by atoms with Crippen molar-refractivity contribution in [2.75, 3.05) is 53.0 Å². The van der Waals surface area contributed by atoms with Crippen molar-refractivity contribution < 1.29 is 14.3 Å². The first-order valence-electron chi connectivity index (χ1n) is 6.45. The van der Waals surface area contributed by atoms with Crippen molar-refractivity contribution in [1.29, 1.82) is 0 Å². The Hall–Kier alpha value is -1.30. The van der Waals surface area contributed by atoms with Crippen molar-refractivity contribution >= 4 is 11.9 Å². The highest BCUT2D eigenvalue weighted by Crippen LogP contribution is 2.02. The molecular formula is C12H23N3O3. The lowest BCUT2D eigenvalue weighted by Gasteiger charge is -2.31. The molecule has 0 aromatic carbocycles. The molecule has 104 valence electrons. The zero-order chi connectivity index (χ0) is 13.5. The number of nitrogens with zero attached hydrogens (tertiary/aromatic N) is 3. The summed E-state index contributed by atoms with van der Waals surface area (Å²) in [5.74, 6) is -0.0101. The topological polar surface area (TPSA) is 53.1 Å². The van der Waals surface area contributed by atoms with E-state index in [0.717, 1.165) is 0 Å². The van der Waals surface area contributed by atoms with Crippen LogP contribution in [0.15, 0.2) is 0 Å². The Kier molecular flexibility index (Phi) is 5.91. The molecule has 0 radical (unpaired) electrons. The van der Waals surface area contributed by atoms with Crippen LogP contribution < -0.4 is 0 Å². The summed E-state index contributed by atoms with van der Waals surface area (Å²) in [5.41, 5.74) is 0. The highest BCUT2D eigenvalue weighted by molar-refractivity contribution is 5.84. The van der Waals surface area contributed by atoms with Gasteiger partial charge in [-0.3, -0.25) is 4.79 Å². The third-order valence-electron chi connectivity index (χ3n) is 3.10. The second-order valence-corrected chi connectivity index (χ2v) is 4.30. The average Bonchev–Trinajstić information content (AvgIpc) is 2.40. The molecule has 0 spiro atoms. The Morgan fingerprint density at radius 1 is 1.17 bits per heavy atom. The summed E-state index contributed by atoms with van der Waals surface area (Å²) in [6.45, 7) is 7.70. The average molecular weight is 257 g/mol. The van der Waals surface area contributed by atoms with Crippen LogP contribution in [0.3, 0.4) is 0 Å². The van der Waals surface area contributed by atoms with E-state index in [1.165, 1.54) is 4.90 Å². The molecule has 1 aliphatic rings. The first kappa shape index (κ1) is 14.8. The van der Waals surface area contributed by atoms with Crippen molar-refractivity contribution in [2.24, 2.45) is 0 Å². The fourth-order valence-electron chi connectivity index (χ4n) is 1.94. The van der Waals surface area contributed by atoms with E-state index >= 15 is 0 Å². The number of ether oxygens (including phenoxy) is 1. The molecule has 6 nitrogen and oxygen atoms in total. The molecule has 0 aromatic heterocycles. The molecule has 0 N–H and O–H groups in total. The highest BCUT2D eigenvalue weighted by atomic mass is 16.5. The number of morpholine rings is 1. The molecule has 3 amide bonds. The minimum atomic E-state index is -0.0983. The van der Waals surface area contributed by atoms with Crippen molar-refractivity contribution in [3.63, 3.8) is 0 Å². The molecule has 0 saturated carbocycles. The van der Waals surface area contributed by atoms with Gasteiger partial charge in [-0.15, -0.1) is 0 Å². The standard InChI is InChI=1S/C12H23N3O3/c1-4-14(5-2)11(16)10-13(3)12(17)15-6-8-18-9-7-15/h4-10H2,1-3H3. The predicted molar refractivity (Wildman–Crippen MR) is 68.3 cm³/mol. The highest BCUT2D eigenvalue weighted by Gasteiger charge is 2.22. The molecule has 6 heteroatoms. The molecule has 1 heterocycles. The lowest BCUT2D eigenvalue weighted by molar-refractivity contribution is -0.131. The molecule has 1 fully saturated rings. The quantitative estimate of drug-likeness (QED) is 0.725. The molecule has 0 bridgehead atoms. The van der Waals surface area contributed by atoms with Crippen LogP contribution >= 0.6 is 0 Å². The molecule has 1 rings (SSSR count). The number of hydrogen-bond donors (Lipinski definition) is 0. The Morgan fingerprint density at radius 2 is 1.72 bits per heavy atom. The van der Waals surface area contributed by atoms with Crippen molar-refractivity contribution in [3.8, 4) is 0 Å². The van der Waals surface area contributed by atoms with Crippen LogP contribution in [-0.2, 0) is 9.53 Å². The Labute approximate surface area is 108 Å². The minimum absolute atomic E-state index is 0.0101.